The molecule has 0 saturated carbocycles. The molecule has 2 N–H and O–H groups in total. The Morgan fingerprint density at radius 2 is 2.13 bits per heavy atom. The highest BCUT2D eigenvalue weighted by molar-refractivity contribution is 5.81. The van der Waals surface area contributed by atoms with Gasteiger partial charge in [0.05, 0.1) is 12.1 Å². The largest absolute Gasteiger partial charge is 0.369 e. The number of nitrogens with zero attached hydrogens (tertiary/aromatic N) is 1. The molecule has 0 atom stereocenters. The molecule has 0 bridgehead atoms. The maximum atomic E-state index is 13.3. The third-order valence-electron chi connectivity index (χ3n) is 2.08. The van der Waals surface area contributed by atoms with E-state index in [1.54, 1.807) is 24.3 Å². The molecule has 0 fully saturated rings. The maximum Gasteiger partial charge on any atom is 0.223 e. The first kappa shape index (κ1) is 9.58. The number of rotatable bonds is 2. The highest BCUT2D eigenvalue weighted by Gasteiger charge is 2.04. The van der Waals surface area contributed by atoms with E-state index in [2.05, 4.69) is 4.98 Å². The Hall–Kier alpha value is -1.97. The van der Waals surface area contributed by atoms with Gasteiger partial charge in [-0.15, -0.1) is 0 Å². The van der Waals surface area contributed by atoms with Crippen molar-refractivity contribution in [3.63, 3.8) is 0 Å². The zero-order valence-electron chi connectivity index (χ0n) is 7.90. The van der Waals surface area contributed by atoms with Gasteiger partial charge in [0, 0.05) is 5.39 Å². The summed E-state index contributed by atoms with van der Waals surface area (Å²) in [7, 11) is 0. The predicted molar refractivity (Wildman–Crippen MR) is 54.6 cm³/mol. The number of fused-ring (bicyclic) bond motifs is 1. The first-order chi connectivity index (χ1) is 7.16. The minimum atomic E-state index is -0.474. The van der Waals surface area contributed by atoms with Gasteiger partial charge in [-0.3, -0.25) is 4.79 Å². The van der Waals surface area contributed by atoms with E-state index in [9.17, 15) is 9.18 Å². The van der Waals surface area contributed by atoms with Gasteiger partial charge in [0.25, 0.3) is 0 Å². The fourth-order valence-electron chi connectivity index (χ4n) is 1.43. The number of halogens is 1. The molecule has 4 heteroatoms. The van der Waals surface area contributed by atoms with Gasteiger partial charge >= 0.3 is 0 Å². The summed E-state index contributed by atoms with van der Waals surface area (Å²) >= 11 is 0. The van der Waals surface area contributed by atoms with Crippen molar-refractivity contribution >= 4 is 16.8 Å². The molecule has 3 nitrogen and oxygen atoms in total. The van der Waals surface area contributed by atoms with Gasteiger partial charge in [0.15, 0.2) is 0 Å². The molecular formula is C11H9FN2O. The second-order valence-corrected chi connectivity index (χ2v) is 3.26. The van der Waals surface area contributed by atoms with Crippen LogP contribution in [0, 0.1) is 5.82 Å². The lowest BCUT2D eigenvalue weighted by Crippen LogP contribution is -2.14. The van der Waals surface area contributed by atoms with Gasteiger partial charge in [-0.2, -0.15) is 0 Å². The number of hydrogen-bond donors (Lipinski definition) is 1. The van der Waals surface area contributed by atoms with Gasteiger partial charge in [0.1, 0.15) is 11.3 Å². The number of para-hydroxylation sites is 1. The van der Waals surface area contributed by atoms with Crippen LogP contribution in [0.4, 0.5) is 4.39 Å². The minimum Gasteiger partial charge on any atom is -0.369 e. The second kappa shape index (κ2) is 3.65. The van der Waals surface area contributed by atoms with Crippen molar-refractivity contribution in [2.75, 3.05) is 0 Å². The lowest BCUT2D eigenvalue weighted by Gasteiger charge is -2.01. The Balaban J connectivity index is 2.54. The molecule has 1 amide bonds. The Morgan fingerprint density at radius 1 is 1.33 bits per heavy atom. The fraction of sp³-hybridized carbons (Fsp3) is 0.0909. The predicted octanol–water partition coefficient (Wildman–Crippen LogP) is 1.40. The number of carbonyl (C=O) groups excluding carboxylic acids is 1. The Bertz CT molecular complexity index is 525. The summed E-state index contributed by atoms with van der Waals surface area (Å²) in [5, 5.41) is 0.711. The van der Waals surface area contributed by atoms with E-state index in [1.807, 2.05) is 0 Å². The summed E-state index contributed by atoms with van der Waals surface area (Å²) in [6, 6.07) is 8.12. The molecular weight excluding hydrogens is 195 g/mol. The van der Waals surface area contributed by atoms with Gasteiger partial charge in [0.2, 0.25) is 5.91 Å². The molecule has 1 aromatic heterocycles. The minimum absolute atomic E-state index is 0.0320. The second-order valence-electron chi connectivity index (χ2n) is 3.26. The Kier molecular flexibility index (Phi) is 2.33. The van der Waals surface area contributed by atoms with Crippen molar-refractivity contribution in [2.24, 2.45) is 5.73 Å². The molecule has 0 aliphatic carbocycles. The molecule has 76 valence electrons. The SMILES string of the molecule is NC(=O)Cc1ccc2cccc(F)c2n1. The van der Waals surface area contributed by atoms with Gasteiger partial charge in [-0.25, -0.2) is 9.37 Å². The number of benzene rings is 1. The van der Waals surface area contributed by atoms with E-state index in [0.29, 0.717) is 11.1 Å². The summed E-state index contributed by atoms with van der Waals surface area (Å²) in [5.74, 6) is -0.864. The highest BCUT2D eigenvalue weighted by atomic mass is 19.1. The van der Waals surface area contributed by atoms with Crippen molar-refractivity contribution in [1.29, 1.82) is 0 Å². The van der Waals surface area contributed by atoms with Crippen molar-refractivity contribution in [3.8, 4) is 0 Å². The summed E-state index contributed by atoms with van der Waals surface area (Å²) in [5.41, 5.74) is 5.79. The zero-order chi connectivity index (χ0) is 10.8. The molecule has 2 aromatic rings. The molecule has 15 heavy (non-hydrogen) atoms. The van der Waals surface area contributed by atoms with Crippen LogP contribution in [-0.4, -0.2) is 10.9 Å². The van der Waals surface area contributed by atoms with E-state index in [0.717, 1.165) is 0 Å². The van der Waals surface area contributed by atoms with E-state index >= 15 is 0 Å². The highest BCUT2D eigenvalue weighted by Crippen LogP contribution is 2.15. The molecule has 1 heterocycles. The van der Waals surface area contributed by atoms with Crippen LogP contribution in [0.5, 0.6) is 0 Å². The molecule has 0 unspecified atom stereocenters. The van der Waals surface area contributed by atoms with Gasteiger partial charge in [-0.1, -0.05) is 18.2 Å². The molecule has 1 aromatic carbocycles. The molecule has 2 rings (SSSR count). The summed E-state index contributed by atoms with van der Waals surface area (Å²) in [6.07, 6.45) is 0.0320. The number of carbonyl (C=O) groups is 1. The van der Waals surface area contributed by atoms with Crippen LogP contribution in [0.2, 0.25) is 0 Å². The molecule has 0 aliphatic rings. The van der Waals surface area contributed by atoms with Crippen LogP contribution < -0.4 is 5.73 Å². The fourth-order valence-corrected chi connectivity index (χ4v) is 1.43. The molecule has 0 radical (unpaired) electrons. The standard InChI is InChI=1S/C11H9FN2O/c12-9-3-1-2-7-4-5-8(6-10(13)15)14-11(7)9/h1-5H,6H2,(H2,13,15). The normalized spacial score (nSPS) is 10.5. The first-order valence-electron chi connectivity index (χ1n) is 4.49. The number of pyridine rings is 1. The summed E-state index contributed by atoms with van der Waals surface area (Å²) in [6.45, 7) is 0. The van der Waals surface area contributed by atoms with Crippen LogP contribution in [0.15, 0.2) is 30.3 Å². The zero-order valence-corrected chi connectivity index (χ0v) is 7.90. The van der Waals surface area contributed by atoms with Crippen LogP contribution in [-0.2, 0) is 11.2 Å². The Morgan fingerprint density at radius 3 is 2.87 bits per heavy atom. The van der Waals surface area contributed by atoms with Crippen LogP contribution in [0.3, 0.4) is 0 Å². The third kappa shape index (κ3) is 1.93. The molecule has 0 saturated heterocycles. The van der Waals surface area contributed by atoms with Gasteiger partial charge in [-0.05, 0) is 12.1 Å². The van der Waals surface area contributed by atoms with E-state index in [-0.39, 0.29) is 17.8 Å². The van der Waals surface area contributed by atoms with Gasteiger partial charge < -0.3 is 5.73 Å². The summed E-state index contributed by atoms with van der Waals surface area (Å²) < 4.78 is 13.3. The van der Waals surface area contributed by atoms with Crippen LogP contribution >= 0.6 is 0 Å². The summed E-state index contributed by atoms with van der Waals surface area (Å²) in [4.78, 5) is 14.7. The molecule has 0 aliphatic heterocycles. The van der Waals surface area contributed by atoms with Crippen molar-refractivity contribution in [1.82, 2.24) is 4.98 Å². The maximum absolute atomic E-state index is 13.3. The van der Waals surface area contributed by atoms with Crippen LogP contribution in [0.25, 0.3) is 10.9 Å². The average Bonchev–Trinajstić information content (AvgIpc) is 2.18. The first-order valence-corrected chi connectivity index (χ1v) is 4.49. The number of aromatic nitrogens is 1. The van der Waals surface area contributed by atoms with Crippen molar-refractivity contribution in [3.05, 3.63) is 41.8 Å². The van der Waals surface area contributed by atoms with Crippen molar-refractivity contribution in [2.45, 2.75) is 6.42 Å². The number of nitrogens with two attached hydrogens (primary N) is 1. The third-order valence-corrected chi connectivity index (χ3v) is 2.08. The monoisotopic (exact) mass is 204 g/mol. The quantitative estimate of drug-likeness (QED) is 0.803. The topological polar surface area (TPSA) is 56.0 Å². The lowest BCUT2D eigenvalue weighted by molar-refractivity contribution is -0.117. The number of hydrogen-bond acceptors (Lipinski definition) is 2. The smallest absolute Gasteiger partial charge is 0.223 e. The van der Waals surface area contributed by atoms with E-state index in [4.69, 9.17) is 5.73 Å². The van der Waals surface area contributed by atoms with E-state index in [1.165, 1.54) is 6.07 Å². The van der Waals surface area contributed by atoms with E-state index < -0.39 is 5.91 Å². The number of amides is 1. The molecule has 0 spiro atoms. The van der Waals surface area contributed by atoms with Crippen molar-refractivity contribution < 1.29 is 9.18 Å². The van der Waals surface area contributed by atoms with Crippen LogP contribution in [0.1, 0.15) is 5.69 Å². The lowest BCUT2D eigenvalue weighted by atomic mass is 10.1. The average molecular weight is 204 g/mol. The number of primary amides is 1. The Labute approximate surface area is 85.7 Å².